The van der Waals surface area contributed by atoms with Gasteiger partial charge in [0.2, 0.25) is 0 Å². The van der Waals surface area contributed by atoms with Gasteiger partial charge in [0, 0.05) is 10.9 Å². The van der Waals surface area contributed by atoms with Gasteiger partial charge in [-0.25, -0.2) is 0 Å². The number of carbonyl (C=O) groups is 1. The van der Waals surface area contributed by atoms with Crippen molar-refractivity contribution < 1.29 is 14.6 Å². The Labute approximate surface area is 159 Å². The molecule has 3 N–H and O–H groups in total. The van der Waals surface area contributed by atoms with Crippen LogP contribution < -0.4 is 10.1 Å². The standard InChI is InChI=1S/C17H15NO3.C5H11N/c1-21-12-8-6-11(7-9-12)17-14(10-16(19)20)13-4-2-3-5-15(13)18-17;1-2-4-6-5-3-1/h2-9,18H,10H2,1H3,(H,19,20);6H,1-5H2. The van der Waals surface area contributed by atoms with Crippen molar-refractivity contribution in [2.24, 2.45) is 0 Å². The summed E-state index contributed by atoms with van der Waals surface area (Å²) in [5.41, 5.74) is 3.55. The Morgan fingerprint density at radius 3 is 2.30 bits per heavy atom. The molecular weight excluding hydrogens is 340 g/mol. The van der Waals surface area contributed by atoms with E-state index >= 15 is 0 Å². The van der Waals surface area contributed by atoms with Gasteiger partial charge >= 0.3 is 5.97 Å². The number of carboxylic acids is 1. The number of aromatic nitrogens is 1. The minimum atomic E-state index is -0.838. The molecule has 27 heavy (non-hydrogen) atoms. The number of hydrogen-bond donors (Lipinski definition) is 3. The van der Waals surface area contributed by atoms with Crippen LogP contribution >= 0.6 is 0 Å². The van der Waals surface area contributed by atoms with Crippen LogP contribution in [0.1, 0.15) is 24.8 Å². The number of aliphatic carboxylic acids is 1. The maximum atomic E-state index is 11.2. The topological polar surface area (TPSA) is 74.3 Å². The van der Waals surface area contributed by atoms with E-state index in [2.05, 4.69) is 10.3 Å². The van der Waals surface area contributed by atoms with Gasteiger partial charge in [0.15, 0.2) is 0 Å². The van der Waals surface area contributed by atoms with E-state index in [0.717, 1.165) is 33.5 Å². The lowest BCUT2D eigenvalue weighted by Gasteiger charge is -2.08. The highest BCUT2D eigenvalue weighted by Gasteiger charge is 2.15. The van der Waals surface area contributed by atoms with Crippen LogP contribution in [-0.4, -0.2) is 36.3 Å². The number of carboxylic acid groups (broad SMARTS) is 1. The van der Waals surface area contributed by atoms with Crippen molar-refractivity contribution in [1.29, 1.82) is 0 Å². The van der Waals surface area contributed by atoms with E-state index in [-0.39, 0.29) is 6.42 Å². The van der Waals surface area contributed by atoms with Crippen molar-refractivity contribution >= 4 is 16.9 Å². The molecule has 0 unspecified atom stereocenters. The number of aromatic amines is 1. The van der Waals surface area contributed by atoms with Gasteiger partial charge in [0.1, 0.15) is 5.75 Å². The summed E-state index contributed by atoms with van der Waals surface area (Å²) >= 11 is 0. The van der Waals surface area contributed by atoms with E-state index in [1.54, 1.807) is 7.11 Å². The van der Waals surface area contributed by atoms with Gasteiger partial charge in [0.25, 0.3) is 0 Å². The molecule has 1 aliphatic rings. The zero-order chi connectivity index (χ0) is 19.1. The van der Waals surface area contributed by atoms with Gasteiger partial charge in [-0.3, -0.25) is 4.79 Å². The third-order valence-electron chi connectivity index (χ3n) is 4.73. The average molecular weight is 366 g/mol. The predicted octanol–water partition coefficient (Wildman–Crippen LogP) is 4.23. The monoisotopic (exact) mass is 366 g/mol. The van der Waals surface area contributed by atoms with Crippen LogP contribution in [-0.2, 0) is 11.2 Å². The fourth-order valence-electron chi connectivity index (χ4n) is 3.34. The van der Waals surface area contributed by atoms with Crippen molar-refractivity contribution in [3.63, 3.8) is 0 Å². The lowest BCUT2D eigenvalue weighted by atomic mass is 10.0. The quantitative estimate of drug-likeness (QED) is 0.646. The van der Waals surface area contributed by atoms with Crippen LogP contribution in [0, 0.1) is 0 Å². The maximum Gasteiger partial charge on any atom is 0.307 e. The molecule has 0 saturated carbocycles. The number of para-hydroxylation sites is 1. The van der Waals surface area contributed by atoms with Crippen molar-refractivity contribution in [3.05, 3.63) is 54.1 Å². The van der Waals surface area contributed by atoms with Gasteiger partial charge in [-0.1, -0.05) is 24.6 Å². The predicted molar refractivity (Wildman–Crippen MR) is 108 cm³/mol. The largest absolute Gasteiger partial charge is 0.497 e. The second-order valence-corrected chi connectivity index (χ2v) is 6.63. The molecule has 5 heteroatoms. The van der Waals surface area contributed by atoms with Crippen LogP contribution in [0.2, 0.25) is 0 Å². The molecule has 0 radical (unpaired) electrons. The molecule has 2 heterocycles. The van der Waals surface area contributed by atoms with Gasteiger partial charge < -0.3 is 20.1 Å². The Balaban J connectivity index is 0.000000299. The van der Waals surface area contributed by atoms with Crippen LogP contribution in [0.5, 0.6) is 5.75 Å². The fourth-order valence-corrected chi connectivity index (χ4v) is 3.34. The van der Waals surface area contributed by atoms with Gasteiger partial charge in [-0.15, -0.1) is 0 Å². The van der Waals surface area contributed by atoms with Crippen molar-refractivity contribution in [3.8, 4) is 17.0 Å². The fraction of sp³-hybridized carbons (Fsp3) is 0.318. The summed E-state index contributed by atoms with van der Waals surface area (Å²) in [6.07, 6.45) is 4.21. The second kappa shape index (κ2) is 9.24. The number of H-pyrrole nitrogens is 1. The van der Waals surface area contributed by atoms with E-state index in [1.165, 1.54) is 32.4 Å². The minimum Gasteiger partial charge on any atom is -0.497 e. The molecule has 1 aromatic heterocycles. The van der Waals surface area contributed by atoms with Gasteiger partial charge in [-0.05, 0) is 67.4 Å². The number of fused-ring (bicyclic) bond motifs is 1. The molecule has 0 amide bonds. The lowest BCUT2D eigenvalue weighted by molar-refractivity contribution is -0.136. The van der Waals surface area contributed by atoms with E-state index < -0.39 is 5.97 Å². The highest BCUT2D eigenvalue weighted by molar-refractivity contribution is 5.93. The molecule has 0 spiro atoms. The van der Waals surface area contributed by atoms with Crippen molar-refractivity contribution in [2.45, 2.75) is 25.7 Å². The number of piperidine rings is 1. The first kappa shape index (κ1) is 19.0. The summed E-state index contributed by atoms with van der Waals surface area (Å²) in [6, 6.07) is 15.3. The number of methoxy groups -OCH3 is 1. The molecule has 0 bridgehead atoms. The summed E-state index contributed by atoms with van der Waals surface area (Å²) in [5.74, 6) is -0.0656. The van der Waals surface area contributed by atoms with Crippen LogP contribution in [0.15, 0.2) is 48.5 Å². The molecule has 142 valence electrons. The second-order valence-electron chi connectivity index (χ2n) is 6.63. The van der Waals surface area contributed by atoms with E-state index in [0.29, 0.717) is 0 Å². The van der Waals surface area contributed by atoms with E-state index in [4.69, 9.17) is 9.84 Å². The molecule has 2 aromatic carbocycles. The number of rotatable bonds is 4. The normalized spacial score (nSPS) is 13.7. The molecule has 1 aliphatic heterocycles. The van der Waals surface area contributed by atoms with Crippen molar-refractivity contribution in [2.75, 3.05) is 20.2 Å². The summed E-state index contributed by atoms with van der Waals surface area (Å²) < 4.78 is 5.15. The summed E-state index contributed by atoms with van der Waals surface area (Å²) in [4.78, 5) is 14.5. The molecule has 0 aliphatic carbocycles. The Morgan fingerprint density at radius 1 is 1.04 bits per heavy atom. The van der Waals surface area contributed by atoms with Crippen molar-refractivity contribution in [1.82, 2.24) is 10.3 Å². The van der Waals surface area contributed by atoms with Crippen LogP contribution in [0.4, 0.5) is 0 Å². The number of benzene rings is 2. The Hall–Kier alpha value is -2.79. The van der Waals surface area contributed by atoms with E-state index in [9.17, 15) is 4.79 Å². The zero-order valence-corrected chi connectivity index (χ0v) is 15.6. The minimum absolute atomic E-state index is 0.00856. The molecule has 3 aromatic rings. The Morgan fingerprint density at radius 2 is 1.74 bits per heavy atom. The molecule has 1 fully saturated rings. The SMILES string of the molecule is C1CCNCC1.COc1ccc(-c2[nH]c3ccccc3c2CC(=O)O)cc1. The van der Waals surface area contributed by atoms with Crippen LogP contribution in [0.25, 0.3) is 22.2 Å². The number of hydrogen-bond acceptors (Lipinski definition) is 3. The number of nitrogens with one attached hydrogen (secondary N) is 2. The van der Waals surface area contributed by atoms with Gasteiger partial charge in [0.05, 0.1) is 19.2 Å². The lowest BCUT2D eigenvalue weighted by Crippen LogP contribution is -2.21. The summed E-state index contributed by atoms with van der Waals surface area (Å²) in [6.45, 7) is 2.50. The Kier molecular flexibility index (Phi) is 6.49. The number of ether oxygens (including phenoxy) is 1. The summed E-state index contributed by atoms with van der Waals surface area (Å²) in [7, 11) is 1.62. The first-order valence-electron chi connectivity index (χ1n) is 9.35. The van der Waals surface area contributed by atoms with Crippen LogP contribution in [0.3, 0.4) is 0 Å². The summed E-state index contributed by atoms with van der Waals surface area (Å²) in [5, 5.41) is 13.4. The first-order valence-corrected chi connectivity index (χ1v) is 9.35. The molecule has 4 rings (SSSR count). The smallest absolute Gasteiger partial charge is 0.307 e. The molecule has 5 nitrogen and oxygen atoms in total. The zero-order valence-electron chi connectivity index (χ0n) is 15.6. The molecule has 1 saturated heterocycles. The highest BCUT2D eigenvalue weighted by Crippen LogP contribution is 2.31. The molecular formula is C22H26N2O3. The third kappa shape index (κ3) is 4.89. The third-order valence-corrected chi connectivity index (χ3v) is 4.73. The highest BCUT2D eigenvalue weighted by atomic mass is 16.5. The average Bonchev–Trinajstić information content (AvgIpc) is 3.08. The maximum absolute atomic E-state index is 11.2. The van der Waals surface area contributed by atoms with E-state index in [1.807, 2.05) is 48.5 Å². The Bertz CT molecular complexity index is 869. The molecule has 0 atom stereocenters. The first-order chi connectivity index (χ1) is 13.2. The van der Waals surface area contributed by atoms with Gasteiger partial charge in [-0.2, -0.15) is 0 Å².